The zero-order valence-electron chi connectivity index (χ0n) is 20.9. The molecule has 1 rings (SSSR count). The second-order valence-corrected chi connectivity index (χ2v) is 8.59. The largest absolute Gasteiger partial charge is 0.466 e. The van der Waals surface area contributed by atoms with E-state index in [0.29, 0.717) is 10.9 Å². The van der Waals surface area contributed by atoms with Crippen LogP contribution in [-0.2, 0) is 19.1 Å². The van der Waals surface area contributed by atoms with Gasteiger partial charge in [-0.3, -0.25) is 14.4 Å². The van der Waals surface area contributed by atoms with E-state index < -0.39 is 22.7 Å². The van der Waals surface area contributed by atoms with Gasteiger partial charge in [-0.1, -0.05) is 23.5 Å². The Morgan fingerprint density at radius 3 is 2.15 bits per heavy atom. The predicted octanol–water partition coefficient (Wildman–Crippen LogP) is 1.54. The van der Waals surface area contributed by atoms with E-state index in [0.717, 1.165) is 5.84 Å². The second kappa shape index (κ2) is 19.2. The smallest absolute Gasteiger partial charge is 0.345 e. The van der Waals surface area contributed by atoms with Crippen LogP contribution >= 0.6 is 35.1 Å². The van der Waals surface area contributed by atoms with Crippen LogP contribution < -0.4 is 11.3 Å². The van der Waals surface area contributed by atoms with Crippen molar-refractivity contribution >= 4 is 58.1 Å². The number of ether oxygens (including phenoxy) is 2. The van der Waals surface area contributed by atoms with Gasteiger partial charge in [0.15, 0.2) is 5.16 Å². The van der Waals surface area contributed by atoms with E-state index in [1.54, 1.807) is 38.8 Å². The summed E-state index contributed by atoms with van der Waals surface area (Å²) in [5.74, 6) is -0.178. The van der Waals surface area contributed by atoms with Crippen LogP contribution in [-0.4, -0.2) is 83.2 Å². The van der Waals surface area contributed by atoms with Gasteiger partial charge in [-0.25, -0.2) is 14.8 Å². The highest BCUT2D eigenvalue weighted by Crippen LogP contribution is 2.08. The molecule has 0 aliphatic rings. The van der Waals surface area contributed by atoms with Gasteiger partial charge in [0.1, 0.15) is 17.8 Å². The number of rotatable bonds is 8. The number of hydrogen-bond donors (Lipinski definition) is 2. The van der Waals surface area contributed by atoms with E-state index in [1.807, 2.05) is 32.2 Å². The fraction of sp³-hybridized carbons (Fsp3) is 0.600. The molecule has 0 saturated carbocycles. The highest BCUT2D eigenvalue weighted by molar-refractivity contribution is 7.99. The number of aromatic nitrogens is 2. The van der Waals surface area contributed by atoms with Crippen LogP contribution in [0.5, 0.6) is 0 Å². The zero-order chi connectivity index (χ0) is 26.8. The standard InChI is InChI=1S/C9H12N2O3S.C6H15N3S.C5H7ClO3/c1-4-14-8(13)6-5(2)10-9(15-3)11-7(6)12;1-5(9(2)3)8-6(7)10-4;1-2-9-5(8)3-4(6)7/h4H2,1-3H3,(H,10,11,12);6H,7H2,1-4H3;2-3H2,1H3/p+1. The first-order valence-electron chi connectivity index (χ1n) is 10.1. The van der Waals surface area contributed by atoms with Crippen molar-refractivity contribution in [2.75, 3.05) is 39.8 Å². The number of esters is 2. The van der Waals surface area contributed by atoms with Crippen LogP contribution in [0.25, 0.3) is 0 Å². The lowest BCUT2D eigenvalue weighted by atomic mass is 10.2. The molecule has 4 N–H and O–H groups in total. The van der Waals surface area contributed by atoms with Gasteiger partial charge in [-0.15, -0.1) is 0 Å². The maximum Gasteiger partial charge on any atom is 0.345 e. The summed E-state index contributed by atoms with van der Waals surface area (Å²) < 4.78 is 9.17. The van der Waals surface area contributed by atoms with Gasteiger partial charge in [0, 0.05) is 14.1 Å². The minimum absolute atomic E-state index is 0.0188. The summed E-state index contributed by atoms with van der Waals surface area (Å²) in [5.41, 5.74) is 3.87. The maximum absolute atomic E-state index is 11.5. The molecule has 1 aromatic rings. The molecule has 0 amide bonds. The lowest BCUT2D eigenvalue weighted by Gasteiger charge is -2.11. The van der Waals surface area contributed by atoms with E-state index in [9.17, 15) is 19.2 Å². The van der Waals surface area contributed by atoms with E-state index >= 15 is 0 Å². The average Bonchev–Trinajstić information content (AvgIpc) is 2.73. The number of nitrogens with one attached hydrogen (secondary N) is 1. The highest BCUT2D eigenvalue weighted by Gasteiger charge is 2.16. The number of carbonyl (C=O) groups excluding carboxylic acids is 3. The Morgan fingerprint density at radius 2 is 1.76 bits per heavy atom. The summed E-state index contributed by atoms with van der Waals surface area (Å²) in [6.45, 7) is 7.46. The highest BCUT2D eigenvalue weighted by atomic mass is 35.5. The lowest BCUT2D eigenvalue weighted by Crippen LogP contribution is -2.58. The van der Waals surface area contributed by atoms with Crippen LogP contribution in [0.3, 0.4) is 0 Å². The van der Waals surface area contributed by atoms with Crippen molar-refractivity contribution in [1.82, 2.24) is 14.9 Å². The van der Waals surface area contributed by atoms with Crippen molar-refractivity contribution in [1.29, 1.82) is 0 Å². The second-order valence-electron chi connectivity index (χ2n) is 6.35. The summed E-state index contributed by atoms with van der Waals surface area (Å²) in [6, 6.07) is 0. The average molecular weight is 541 g/mol. The number of aliphatic imine (C=N–C) groups is 1. The van der Waals surface area contributed by atoms with Crippen LogP contribution in [0.1, 0.15) is 43.2 Å². The molecule has 14 heteroatoms. The Bertz CT molecular complexity index is 880. The molecular weight excluding hydrogens is 506 g/mol. The minimum Gasteiger partial charge on any atom is -0.466 e. The van der Waals surface area contributed by atoms with Crippen LogP contribution in [0.4, 0.5) is 0 Å². The van der Waals surface area contributed by atoms with Crippen LogP contribution in [0.15, 0.2) is 14.9 Å². The minimum atomic E-state index is -0.687. The topological polar surface area (TPSA) is 159 Å². The first kappa shape index (κ1) is 34.1. The number of carbonyl (C=O) groups is 3. The Hall–Kier alpha value is -2.09. The molecule has 1 aromatic heterocycles. The first-order chi connectivity index (χ1) is 15.8. The van der Waals surface area contributed by atoms with Crippen molar-refractivity contribution in [2.45, 2.75) is 44.8 Å². The summed E-state index contributed by atoms with van der Waals surface area (Å²) in [7, 11) is 3.96. The summed E-state index contributed by atoms with van der Waals surface area (Å²) in [5, 5.41) is -0.195. The number of aromatic amines is 1. The molecule has 34 heavy (non-hydrogen) atoms. The first-order valence-corrected chi connectivity index (χ1v) is 13.0. The van der Waals surface area contributed by atoms with E-state index in [-0.39, 0.29) is 30.7 Å². The van der Waals surface area contributed by atoms with Crippen molar-refractivity contribution in [3.8, 4) is 0 Å². The van der Waals surface area contributed by atoms with Gasteiger partial charge in [0.05, 0.1) is 18.9 Å². The quantitative estimate of drug-likeness (QED) is 0.0723. The van der Waals surface area contributed by atoms with Gasteiger partial charge in [0.25, 0.3) is 5.56 Å². The Morgan fingerprint density at radius 1 is 1.21 bits per heavy atom. The van der Waals surface area contributed by atoms with E-state index in [1.165, 1.54) is 11.8 Å². The van der Waals surface area contributed by atoms with Crippen LogP contribution in [0.2, 0.25) is 0 Å². The number of hydrogen-bond acceptors (Lipinski definition) is 10. The molecule has 0 saturated heterocycles. The zero-order valence-corrected chi connectivity index (χ0v) is 23.3. The van der Waals surface area contributed by atoms with Crippen molar-refractivity contribution in [3.63, 3.8) is 0 Å². The third-order valence-electron chi connectivity index (χ3n) is 3.59. The van der Waals surface area contributed by atoms with Crippen molar-refractivity contribution in [2.24, 2.45) is 4.99 Å². The van der Waals surface area contributed by atoms with E-state index in [4.69, 9.17) is 16.3 Å². The number of H-pyrrole nitrogens is 1. The fourth-order valence-corrected chi connectivity index (χ4v) is 2.59. The van der Waals surface area contributed by atoms with Crippen LogP contribution in [0, 0.1) is 6.92 Å². The number of thioether (sulfide) groups is 2. The molecule has 0 bridgehead atoms. The molecule has 194 valence electrons. The molecule has 1 atom stereocenters. The molecule has 0 spiro atoms. The van der Waals surface area contributed by atoms with Gasteiger partial charge in [-0.2, -0.15) is 0 Å². The number of halogens is 1. The summed E-state index contributed by atoms with van der Waals surface area (Å²) >= 11 is 7.83. The SMILES string of the molecule is CCOC(=O)CC(=O)Cl.CCOC(=O)c1c(C)nc(SC)[nH]c1=O.CSC([NH3+])N=C(C)N(C)C. The van der Waals surface area contributed by atoms with E-state index in [2.05, 4.69) is 25.4 Å². The normalized spacial score (nSPS) is 11.2. The lowest BCUT2D eigenvalue weighted by molar-refractivity contribution is -0.382. The monoisotopic (exact) mass is 540 g/mol. The Balaban J connectivity index is 0. The maximum atomic E-state index is 11.5. The molecule has 1 unspecified atom stereocenters. The number of aryl methyl sites for hydroxylation is 1. The van der Waals surface area contributed by atoms with Crippen molar-refractivity contribution < 1.29 is 29.6 Å². The number of nitrogens with zero attached hydrogens (tertiary/aromatic N) is 3. The summed E-state index contributed by atoms with van der Waals surface area (Å²) in [6.07, 6.45) is 3.46. The fourth-order valence-electron chi connectivity index (χ4n) is 1.80. The molecule has 0 aromatic carbocycles. The van der Waals surface area contributed by atoms with Gasteiger partial charge in [0.2, 0.25) is 10.7 Å². The van der Waals surface area contributed by atoms with Gasteiger partial charge >= 0.3 is 11.9 Å². The van der Waals surface area contributed by atoms with Gasteiger partial charge in [-0.05, 0) is 51.8 Å². The molecule has 11 nitrogen and oxygen atoms in total. The molecule has 0 aliphatic heterocycles. The Kier molecular flexibility index (Phi) is 19.3. The van der Waals surface area contributed by atoms with Crippen molar-refractivity contribution in [3.05, 3.63) is 21.6 Å². The molecule has 1 heterocycles. The third kappa shape index (κ3) is 15.7. The molecule has 0 radical (unpaired) electrons. The predicted molar refractivity (Wildman–Crippen MR) is 136 cm³/mol. The third-order valence-corrected chi connectivity index (χ3v) is 4.95. The summed E-state index contributed by atoms with van der Waals surface area (Å²) in [4.78, 5) is 56.1. The number of amidine groups is 1. The van der Waals surface area contributed by atoms with Gasteiger partial charge < -0.3 is 25.1 Å². The molecular formula is C20H35ClN5O6S2+. The molecule has 0 fully saturated rings. The molecule has 0 aliphatic carbocycles. The Labute approximate surface area is 213 Å². The number of quaternary nitrogens is 1.